The average Bonchev–Trinajstić information content (AvgIpc) is 2.71. The fourth-order valence-electron chi connectivity index (χ4n) is 1.51. The molecule has 19 heavy (non-hydrogen) atoms. The molecule has 0 unspecified atom stereocenters. The molecule has 2 aromatic rings. The summed E-state index contributed by atoms with van der Waals surface area (Å²) in [5.41, 5.74) is 1.89. The Labute approximate surface area is 113 Å². The van der Waals surface area contributed by atoms with Crippen molar-refractivity contribution < 1.29 is 14.7 Å². The van der Waals surface area contributed by atoms with Crippen LogP contribution in [-0.4, -0.2) is 16.9 Å². The van der Waals surface area contributed by atoms with E-state index in [-0.39, 0.29) is 15.9 Å². The Bertz CT molecular complexity index is 632. The highest BCUT2D eigenvalue weighted by Gasteiger charge is 2.12. The van der Waals surface area contributed by atoms with E-state index in [1.54, 1.807) is 19.1 Å². The molecule has 0 saturated heterocycles. The number of aromatic nitrogens is 1. The molecule has 0 aliphatic heterocycles. The standard InChI is InChI=1S/C13H12N2O3S/c1-7-3-5-9(6-4-7)11(16)15-13-14-8(2)10(19-13)12(17)18/h3-6H,1-2H3,(H,17,18)(H,14,15,16)/p-1. The van der Waals surface area contributed by atoms with E-state index in [1.807, 2.05) is 19.1 Å². The molecule has 1 aromatic heterocycles. The minimum absolute atomic E-state index is 0.0270. The highest BCUT2D eigenvalue weighted by molar-refractivity contribution is 7.17. The number of anilines is 1. The zero-order valence-electron chi connectivity index (χ0n) is 10.4. The molecule has 2 rings (SSSR count). The first-order valence-electron chi connectivity index (χ1n) is 5.54. The van der Waals surface area contributed by atoms with Crippen LogP contribution in [0.5, 0.6) is 0 Å². The first-order valence-corrected chi connectivity index (χ1v) is 6.36. The fraction of sp³-hybridized carbons (Fsp3) is 0.154. The third-order valence-electron chi connectivity index (χ3n) is 2.52. The van der Waals surface area contributed by atoms with E-state index >= 15 is 0 Å². The lowest BCUT2D eigenvalue weighted by atomic mass is 10.1. The molecule has 1 aromatic carbocycles. The van der Waals surface area contributed by atoms with Crippen molar-refractivity contribution in [3.05, 3.63) is 46.0 Å². The third kappa shape index (κ3) is 2.97. The number of carboxylic acid groups (broad SMARTS) is 1. The summed E-state index contributed by atoms with van der Waals surface area (Å²) in [6, 6.07) is 7.05. The van der Waals surface area contributed by atoms with Crippen molar-refractivity contribution >= 4 is 28.3 Å². The maximum absolute atomic E-state index is 11.9. The molecule has 0 atom stereocenters. The van der Waals surface area contributed by atoms with E-state index in [0.717, 1.165) is 16.9 Å². The van der Waals surface area contributed by atoms with Gasteiger partial charge in [0.25, 0.3) is 5.91 Å². The zero-order chi connectivity index (χ0) is 14.0. The van der Waals surface area contributed by atoms with Gasteiger partial charge >= 0.3 is 0 Å². The minimum atomic E-state index is -1.29. The summed E-state index contributed by atoms with van der Waals surface area (Å²) >= 11 is 0.889. The Morgan fingerprint density at radius 3 is 2.37 bits per heavy atom. The maximum Gasteiger partial charge on any atom is 0.257 e. The predicted molar refractivity (Wildman–Crippen MR) is 70.3 cm³/mol. The molecule has 98 valence electrons. The lowest BCUT2D eigenvalue weighted by molar-refractivity contribution is -0.254. The Balaban J connectivity index is 2.17. The highest BCUT2D eigenvalue weighted by Crippen LogP contribution is 2.22. The van der Waals surface area contributed by atoms with Crippen LogP contribution in [0.3, 0.4) is 0 Å². The summed E-state index contributed by atoms with van der Waals surface area (Å²) < 4.78 is 0. The molecule has 1 heterocycles. The molecule has 0 radical (unpaired) electrons. The first-order chi connectivity index (χ1) is 8.97. The van der Waals surface area contributed by atoms with Gasteiger partial charge in [0.15, 0.2) is 5.13 Å². The fourth-order valence-corrected chi connectivity index (χ4v) is 2.31. The second-order valence-electron chi connectivity index (χ2n) is 4.04. The number of nitrogens with zero attached hydrogens (tertiary/aromatic N) is 1. The summed E-state index contributed by atoms with van der Waals surface area (Å²) in [4.78, 5) is 26.7. The van der Waals surface area contributed by atoms with Crippen LogP contribution in [0.2, 0.25) is 0 Å². The summed E-state index contributed by atoms with van der Waals surface area (Å²) in [5.74, 6) is -1.61. The van der Waals surface area contributed by atoms with Crippen LogP contribution < -0.4 is 10.4 Å². The second-order valence-corrected chi connectivity index (χ2v) is 5.04. The first kappa shape index (κ1) is 13.2. The molecule has 1 N–H and O–H groups in total. The van der Waals surface area contributed by atoms with Crippen LogP contribution in [0.15, 0.2) is 24.3 Å². The lowest BCUT2D eigenvalue weighted by Gasteiger charge is -2.01. The summed E-state index contributed by atoms with van der Waals surface area (Å²) in [7, 11) is 0. The van der Waals surface area contributed by atoms with Crippen LogP contribution in [0.25, 0.3) is 0 Å². The summed E-state index contributed by atoms with van der Waals surface area (Å²) in [5, 5.41) is 13.6. The summed E-state index contributed by atoms with van der Waals surface area (Å²) in [6.07, 6.45) is 0. The number of carbonyl (C=O) groups excluding carboxylic acids is 2. The average molecular weight is 275 g/mol. The largest absolute Gasteiger partial charge is 0.544 e. The van der Waals surface area contributed by atoms with Gasteiger partial charge in [-0.25, -0.2) is 4.98 Å². The molecule has 5 nitrogen and oxygen atoms in total. The third-order valence-corrected chi connectivity index (χ3v) is 3.57. The molecule has 0 aliphatic carbocycles. The molecule has 6 heteroatoms. The quantitative estimate of drug-likeness (QED) is 0.917. The van der Waals surface area contributed by atoms with Crippen molar-refractivity contribution in [3.63, 3.8) is 0 Å². The second kappa shape index (κ2) is 5.19. The number of hydrogen-bond donors (Lipinski definition) is 1. The van der Waals surface area contributed by atoms with Crippen molar-refractivity contribution in [2.75, 3.05) is 5.32 Å². The molecule has 0 aliphatic rings. The van der Waals surface area contributed by atoms with E-state index in [1.165, 1.54) is 0 Å². The van der Waals surface area contributed by atoms with Gasteiger partial charge in [0.05, 0.1) is 16.5 Å². The maximum atomic E-state index is 11.9. The van der Waals surface area contributed by atoms with E-state index in [9.17, 15) is 14.7 Å². The van der Waals surface area contributed by atoms with Gasteiger partial charge < -0.3 is 9.90 Å². The zero-order valence-corrected chi connectivity index (χ0v) is 11.2. The number of nitrogens with one attached hydrogen (secondary N) is 1. The number of carboxylic acids is 1. The Morgan fingerprint density at radius 2 is 1.84 bits per heavy atom. The number of aryl methyl sites for hydroxylation is 2. The number of thiazole rings is 1. The SMILES string of the molecule is Cc1ccc(C(=O)Nc2nc(C)c(C(=O)[O-])s2)cc1. The van der Waals surface area contributed by atoms with Gasteiger partial charge in [-0.2, -0.15) is 0 Å². The van der Waals surface area contributed by atoms with Crippen LogP contribution >= 0.6 is 11.3 Å². The molecule has 0 spiro atoms. The molecule has 0 bridgehead atoms. The Kier molecular flexibility index (Phi) is 3.62. The van der Waals surface area contributed by atoms with Crippen LogP contribution in [0.4, 0.5) is 5.13 Å². The smallest absolute Gasteiger partial charge is 0.257 e. The number of amides is 1. The van der Waals surface area contributed by atoms with Gasteiger partial charge in [-0.3, -0.25) is 10.1 Å². The van der Waals surface area contributed by atoms with Gasteiger partial charge in [-0.1, -0.05) is 29.0 Å². The Hall–Kier alpha value is -2.21. The molecule has 1 amide bonds. The minimum Gasteiger partial charge on any atom is -0.544 e. The monoisotopic (exact) mass is 275 g/mol. The van der Waals surface area contributed by atoms with Crippen LogP contribution in [0, 0.1) is 13.8 Å². The van der Waals surface area contributed by atoms with Crippen LogP contribution in [-0.2, 0) is 0 Å². The van der Waals surface area contributed by atoms with Gasteiger partial charge in [0.2, 0.25) is 0 Å². The Morgan fingerprint density at radius 1 is 1.21 bits per heavy atom. The van der Waals surface area contributed by atoms with Gasteiger partial charge in [-0.15, -0.1) is 0 Å². The van der Waals surface area contributed by atoms with Crippen molar-refractivity contribution in [1.29, 1.82) is 0 Å². The number of rotatable bonds is 3. The van der Waals surface area contributed by atoms with Gasteiger partial charge in [0, 0.05) is 5.56 Å². The number of carbonyl (C=O) groups is 2. The van der Waals surface area contributed by atoms with Crippen LogP contribution in [0.1, 0.15) is 31.3 Å². The highest BCUT2D eigenvalue weighted by atomic mass is 32.1. The van der Waals surface area contributed by atoms with Crippen molar-refractivity contribution in [2.45, 2.75) is 13.8 Å². The van der Waals surface area contributed by atoms with Crippen molar-refractivity contribution in [2.24, 2.45) is 0 Å². The molecular weight excluding hydrogens is 264 g/mol. The van der Waals surface area contributed by atoms with E-state index in [0.29, 0.717) is 11.3 Å². The number of benzene rings is 1. The van der Waals surface area contributed by atoms with Crippen molar-refractivity contribution in [1.82, 2.24) is 4.98 Å². The van der Waals surface area contributed by atoms with E-state index in [2.05, 4.69) is 10.3 Å². The molecule has 0 fully saturated rings. The topological polar surface area (TPSA) is 82.1 Å². The molecule has 0 saturated carbocycles. The van der Waals surface area contributed by atoms with E-state index in [4.69, 9.17) is 0 Å². The van der Waals surface area contributed by atoms with Crippen molar-refractivity contribution in [3.8, 4) is 0 Å². The van der Waals surface area contributed by atoms with Gasteiger partial charge in [-0.05, 0) is 26.0 Å². The van der Waals surface area contributed by atoms with E-state index < -0.39 is 5.97 Å². The lowest BCUT2D eigenvalue weighted by Crippen LogP contribution is -2.21. The van der Waals surface area contributed by atoms with Gasteiger partial charge in [0.1, 0.15) is 0 Å². The predicted octanol–water partition coefficient (Wildman–Crippen LogP) is 1.38. The normalized spacial score (nSPS) is 10.2. The number of aromatic carboxylic acids is 1. The summed E-state index contributed by atoms with van der Waals surface area (Å²) in [6.45, 7) is 3.49. The number of hydrogen-bond acceptors (Lipinski definition) is 5. The molecular formula is C13H11N2O3S-.